The zero-order valence-electron chi connectivity index (χ0n) is 10.4. The van der Waals surface area contributed by atoms with Crippen molar-refractivity contribution in [2.45, 2.75) is 43.4 Å². The van der Waals surface area contributed by atoms with Gasteiger partial charge >= 0.3 is 0 Å². The molecule has 0 radical (unpaired) electrons. The summed E-state index contributed by atoms with van der Waals surface area (Å²) in [5.74, 6) is 0.523. The van der Waals surface area contributed by atoms with Crippen LogP contribution in [0.1, 0.15) is 37.4 Å². The summed E-state index contributed by atoms with van der Waals surface area (Å²) in [6.07, 6.45) is 7.20. The Balaban J connectivity index is 2.08. The van der Waals surface area contributed by atoms with Crippen molar-refractivity contribution in [1.82, 2.24) is 15.0 Å². The highest BCUT2D eigenvalue weighted by molar-refractivity contribution is 7.91. The van der Waals surface area contributed by atoms with E-state index in [1.807, 2.05) is 6.20 Å². The van der Waals surface area contributed by atoms with Gasteiger partial charge < -0.3 is 0 Å². The van der Waals surface area contributed by atoms with Gasteiger partial charge in [0.05, 0.1) is 17.0 Å². The fourth-order valence-electron chi connectivity index (χ4n) is 2.45. The van der Waals surface area contributed by atoms with Crippen molar-refractivity contribution in [2.24, 2.45) is 0 Å². The molecule has 1 aromatic rings. The smallest absolute Gasteiger partial charge is 0.150 e. The van der Waals surface area contributed by atoms with Crippen molar-refractivity contribution in [3.05, 3.63) is 11.9 Å². The minimum Gasteiger partial charge on any atom is -0.249 e. The maximum atomic E-state index is 11.6. The highest BCUT2D eigenvalue weighted by atomic mass is 35.5. The molecule has 102 valence electrons. The second-order valence-electron chi connectivity index (χ2n) is 4.90. The standard InChI is InChI=1S/C11H18ClN3O2S/c1-18(16,17)11-4-2-3-10(7-11)15-8-9(5-6-12)13-14-15/h8,10-11H,2-7H2,1H3. The molecule has 0 aliphatic heterocycles. The molecule has 7 heteroatoms. The maximum Gasteiger partial charge on any atom is 0.150 e. The van der Waals surface area contributed by atoms with E-state index in [1.165, 1.54) is 6.26 Å². The van der Waals surface area contributed by atoms with E-state index in [1.54, 1.807) is 4.68 Å². The number of nitrogens with zero attached hydrogens (tertiary/aromatic N) is 3. The molecular weight excluding hydrogens is 274 g/mol. The van der Waals surface area contributed by atoms with E-state index in [-0.39, 0.29) is 11.3 Å². The Hall–Kier alpha value is -0.620. The Morgan fingerprint density at radius 3 is 2.94 bits per heavy atom. The minimum absolute atomic E-state index is 0.148. The zero-order chi connectivity index (χ0) is 13.2. The molecular formula is C11H18ClN3O2S. The van der Waals surface area contributed by atoms with Crippen molar-refractivity contribution in [2.75, 3.05) is 12.1 Å². The van der Waals surface area contributed by atoms with E-state index in [4.69, 9.17) is 11.6 Å². The molecule has 5 nitrogen and oxygen atoms in total. The van der Waals surface area contributed by atoms with Crippen LogP contribution < -0.4 is 0 Å². The number of sulfone groups is 1. The molecule has 0 aromatic carbocycles. The first-order valence-corrected chi connectivity index (χ1v) is 8.65. The second-order valence-corrected chi connectivity index (χ2v) is 7.60. The van der Waals surface area contributed by atoms with Gasteiger partial charge in [-0.05, 0) is 19.3 Å². The molecule has 2 atom stereocenters. The molecule has 1 heterocycles. The third-order valence-electron chi connectivity index (χ3n) is 3.49. The van der Waals surface area contributed by atoms with Crippen LogP contribution in [0.3, 0.4) is 0 Å². The monoisotopic (exact) mass is 291 g/mol. The van der Waals surface area contributed by atoms with Crippen LogP contribution >= 0.6 is 11.6 Å². The molecule has 0 spiro atoms. The highest BCUT2D eigenvalue weighted by Crippen LogP contribution is 2.31. The van der Waals surface area contributed by atoms with Gasteiger partial charge in [-0.15, -0.1) is 16.7 Å². The second kappa shape index (κ2) is 5.57. The van der Waals surface area contributed by atoms with Gasteiger partial charge in [-0.1, -0.05) is 11.6 Å². The maximum absolute atomic E-state index is 11.6. The van der Waals surface area contributed by atoms with E-state index in [0.29, 0.717) is 18.7 Å². The third kappa shape index (κ3) is 3.23. The number of hydrogen-bond acceptors (Lipinski definition) is 4. The Bertz CT molecular complexity index is 500. The summed E-state index contributed by atoms with van der Waals surface area (Å²) in [6.45, 7) is 0. The predicted octanol–water partition coefficient (Wildman–Crippen LogP) is 1.59. The topological polar surface area (TPSA) is 64.8 Å². The first-order chi connectivity index (χ1) is 8.50. The molecule has 2 rings (SSSR count). The SMILES string of the molecule is CS(=O)(=O)C1CCCC(n2cc(CCCl)nn2)C1. The van der Waals surface area contributed by atoms with Crippen molar-refractivity contribution in [3.8, 4) is 0 Å². The quantitative estimate of drug-likeness (QED) is 0.790. The summed E-state index contributed by atoms with van der Waals surface area (Å²) in [5.41, 5.74) is 0.867. The molecule has 1 saturated carbocycles. The molecule has 0 bridgehead atoms. The van der Waals surface area contributed by atoms with Crippen LogP contribution in [-0.2, 0) is 16.3 Å². The van der Waals surface area contributed by atoms with Crippen LogP contribution in [0.4, 0.5) is 0 Å². The van der Waals surface area contributed by atoms with E-state index >= 15 is 0 Å². The number of aryl methyl sites for hydroxylation is 1. The summed E-state index contributed by atoms with van der Waals surface area (Å²) < 4.78 is 25.0. The predicted molar refractivity (Wildman–Crippen MR) is 70.6 cm³/mol. The van der Waals surface area contributed by atoms with Gasteiger partial charge in [0.25, 0.3) is 0 Å². The Labute approximate surface area is 112 Å². The molecule has 1 aromatic heterocycles. The Morgan fingerprint density at radius 2 is 2.28 bits per heavy atom. The van der Waals surface area contributed by atoms with Gasteiger partial charge in [-0.2, -0.15) is 0 Å². The average Bonchev–Trinajstić information content (AvgIpc) is 2.77. The first kappa shape index (κ1) is 13.8. The lowest BCUT2D eigenvalue weighted by molar-refractivity contribution is 0.324. The van der Waals surface area contributed by atoms with Crippen LogP contribution in [0.2, 0.25) is 0 Å². The number of aromatic nitrogens is 3. The van der Waals surface area contributed by atoms with Crippen molar-refractivity contribution in [3.63, 3.8) is 0 Å². The normalized spacial score (nSPS) is 25.2. The Kier molecular flexibility index (Phi) is 4.27. The van der Waals surface area contributed by atoms with Crippen molar-refractivity contribution in [1.29, 1.82) is 0 Å². The summed E-state index contributed by atoms with van der Waals surface area (Å²) in [5, 5.41) is 7.90. The van der Waals surface area contributed by atoms with Crippen molar-refractivity contribution >= 4 is 21.4 Å². The number of hydrogen-bond donors (Lipinski definition) is 0. The first-order valence-electron chi connectivity index (χ1n) is 6.16. The van der Waals surface area contributed by atoms with E-state index in [2.05, 4.69) is 10.3 Å². The lowest BCUT2D eigenvalue weighted by Crippen LogP contribution is -2.29. The third-order valence-corrected chi connectivity index (χ3v) is 5.31. The molecule has 2 unspecified atom stereocenters. The molecule has 0 amide bonds. The van der Waals surface area contributed by atoms with E-state index < -0.39 is 9.84 Å². The molecule has 0 N–H and O–H groups in total. The minimum atomic E-state index is -2.95. The van der Waals surface area contributed by atoms with Gasteiger partial charge in [0.1, 0.15) is 9.84 Å². The fourth-order valence-corrected chi connectivity index (χ4v) is 3.81. The molecule has 1 fully saturated rings. The molecule has 18 heavy (non-hydrogen) atoms. The highest BCUT2D eigenvalue weighted by Gasteiger charge is 2.30. The van der Waals surface area contributed by atoms with Crippen LogP contribution in [0.15, 0.2) is 6.20 Å². The van der Waals surface area contributed by atoms with Crippen LogP contribution in [0.5, 0.6) is 0 Å². The van der Waals surface area contributed by atoms with Crippen LogP contribution in [0.25, 0.3) is 0 Å². The average molecular weight is 292 g/mol. The number of halogens is 1. The Morgan fingerprint density at radius 1 is 1.50 bits per heavy atom. The number of alkyl halides is 1. The van der Waals surface area contributed by atoms with Gasteiger partial charge in [-0.3, -0.25) is 0 Å². The summed E-state index contributed by atoms with van der Waals surface area (Å²) >= 11 is 5.66. The molecule has 0 saturated heterocycles. The lowest BCUT2D eigenvalue weighted by Gasteiger charge is -2.27. The fraction of sp³-hybridized carbons (Fsp3) is 0.818. The van der Waals surface area contributed by atoms with E-state index in [0.717, 1.165) is 25.0 Å². The zero-order valence-corrected chi connectivity index (χ0v) is 12.0. The lowest BCUT2D eigenvalue weighted by atomic mass is 9.95. The van der Waals surface area contributed by atoms with Gasteiger partial charge in [0, 0.05) is 24.8 Å². The van der Waals surface area contributed by atoms with Gasteiger partial charge in [0.2, 0.25) is 0 Å². The van der Waals surface area contributed by atoms with Crippen LogP contribution in [0, 0.1) is 0 Å². The summed E-state index contributed by atoms with van der Waals surface area (Å²) in [4.78, 5) is 0. The summed E-state index contributed by atoms with van der Waals surface area (Å²) in [7, 11) is -2.95. The van der Waals surface area contributed by atoms with E-state index in [9.17, 15) is 8.42 Å². The molecule has 1 aliphatic rings. The van der Waals surface area contributed by atoms with Crippen LogP contribution in [-0.4, -0.2) is 40.8 Å². The van der Waals surface area contributed by atoms with Gasteiger partial charge in [-0.25, -0.2) is 13.1 Å². The number of rotatable bonds is 4. The van der Waals surface area contributed by atoms with Crippen molar-refractivity contribution < 1.29 is 8.42 Å². The largest absolute Gasteiger partial charge is 0.249 e. The summed E-state index contributed by atoms with van der Waals surface area (Å²) in [6, 6.07) is 0.148. The van der Waals surface area contributed by atoms with Gasteiger partial charge in [0.15, 0.2) is 0 Å². The molecule has 1 aliphatic carbocycles.